The monoisotopic (exact) mass is 488 g/mol. The van der Waals surface area contributed by atoms with Gasteiger partial charge in [0.2, 0.25) is 5.91 Å². The number of halogens is 1. The fourth-order valence-corrected chi connectivity index (χ4v) is 5.20. The number of ether oxygens (including phenoxy) is 1. The summed E-state index contributed by atoms with van der Waals surface area (Å²) in [5.41, 5.74) is 2.43. The molecule has 3 aromatic carbocycles. The molecule has 0 N–H and O–H groups in total. The standard InChI is InChI=1S/C27H21ClN2O3S/c1-32-22-15-14-21(28)25-24(22)29-27(34-25)30(17-20-13-8-16-33-20)26(31)23(18-9-4-2-5-10-18)19-11-6-3-7-12-19/h2-16,23H,17H2,1H3. The summed E-state index contributed by atoms with van der Waals surface area (Å²) in [5.74, 6) is 0.644. The van der Waals surface area contributed by atoms with Gasteiger partial charge in [0.15, 0.2) is 5.13 Å². The first kappa shape index (κ1) is 22.2. The molecule has 0 radical (unpaired) electrons. The molecule has 34 heavy (non-hydrogen) atoms. The maximum atomic E-state index is 14.3. The van der Waals surface area contributed by atoms with Crippen molar-refractivity contribution in [1.29, 1.82) is 0 Å². The molecule has 7 heteroatoms. The number of rotatable bonds is 7. The molecule has 0 aliphatic carbocycles. The minimum absolute atomic E-state index is 0.108. The first-order chi connectivity index (χ1) is 16.7. The largest absolute Gasteiger partial charge is 0.494 e. The number of benzene rings is 3. The number of furan rings is 1. The molecule has 0 spiro atoms. The number of hydrogen-bond donors (Lipinski definition) is 0. The van der Waals surface area contributed by atoms with Crippen LogP contribution in [0.25, 0.3) is 10.2 Å². The van der Waals surface area contributed by atoms with Crippen LogP contribution in [0.15, 0.2) is 95.6 Å². The first-order valence-corrected chi connectivity index (χ1v) is 11.9. The Hall–Kier alpha value is -3.61. The van der Waals surface area contributed by atoms with Crippen molar-refractivity contribution in [1.82, 2.24) is 4.98 Å². The summed E-state index contributed by atoms with van der Waals surface area (Å²) >= 11 is 7.83. The van der Waals surface area contributed by atoms with E-state index in [0.29, 0.717) is 27.2 Å². The van der Waals surface area contributed by atoms with E-state index in [2.05, 4.69) is 0 Å². The summed E-state index contributed by atoms with van der Waals surface area (Å²) in [6, 6.07) is 26.8. The van der Waals surface area contributed by atoms with E-state index >= 15 is 0 Å². The molecule has 5 nitrogen and oxygen atoms in total. The smallest absolute Gasteiger partial charge is 0.241 e. The molecule has 5 rings (SSSR count). The van der Waals surface area contributed by atoms with Gasteiger partial charge < -0.3 is 9.15 Å². The predicted octanol–water partition coefficient (Wildman–Crippen LogP) is 6.92. The molecular weight excluding hydrogens is 468 g/mol. The number of hydrogen-bond acceptors (Lipinski definition) is 5. The number of amides is 1. The second-order valence-corrected chi connectivity index (χ2v) is 9.07. The van der Waals surface area contributed by atoms with Crippen LogP contribution < -0.4 is 9.64 Å². The fraction of sp³-hybridized carbons (Fsp3) is 0.111. The zero-order valence-corrected chi connectivity index (χ0v) is 19.9. The molecule has 0 fully saturated rings. The molecule has 0 atom stereocenters. The maximum absolute atomic E-state index is 14.3. The third-order valence-corrected chi connectivity index (χ3v) is 7.11. The van der Waals surface area contributed by atoms with E-state index in [4.69, 9.17) is 25.7 Å². The molecule has 0 unspecified atom stereocenters. The number of methoxy groups -OCH3 is 1. The highest BCUT2D eigenvalue weighted by Gasteiger charge is 2.31. The Labute approximate surface area is 206 Å². The second kappa shape index (κ2) is 9.71. The lowest BCUT2D eigenvalue weighted by Crippen LogP contribution is -2.35. The van der Waals surface area contributed by atoms with Crippen LogP contribution in [0.5, 0.6) is 5.75 Å². The van der Waals surface area contributed by atoms with E-state index in [1.54, 1.807) is 30.4 Å². The van der Waals surface area contributed by atoms with Crippen molar-refractivity contribution in [2.45, 2.75) is 12.5 Å². The Morgan fingerprint density at radius 1 is 1.00 bits per heavy atom. The van der Waals surface area contributed by atoms with E-state index in [-0.39, 0.29) is 12.5 Å². The highest BCUT2D eigenvalue weighted by atomic mass is 35.5. The molecule has 5 aromatic rings. The average Bonchev–Trinajstić information content (AvgIpc) is 3.55. The number of nitrogens with zero attached hydrogens (tertiary/aromatic N) is 2. The summed E-state index contributed by atoms with van der Waals surface area (Å²) in [4.78, 5) is 20.7. The SMILES string of the molecule is COc1ccc(Cl)c2sc(N(Cc3ccco3)C(=O)C(c3ccccc3)c3ccccc3)nc12. The minimum atomic E-state index is -0.512. The van der Waals surface area contributed by atoms with Crippen LogP contribution in [0.2, 0.25) is 5.02 Å². The van der Waals surface area contributed by atoms with Crippen molar-refractivity contribution >= 4 is 44.2 Å². The first-order valence-electron chi connectivity index (χ1n) is 10.7. The topological polar surface area (TPSA) is 55.6 Å². The van der Waals surface area contributed by atoms with Crippen LogP contribution in [-0.4, -0.2) is 18.0 Å². The number of thiazole rings is 1. The number of carbonyl (C=O) groups is 1. The third-order valence-electron chi connectivity index (χ3n) is 5.57. The predicted molar refractivity (Wildman–Crippen MR) is 136 cm³/mol. The molecule has 0 bridgehead atoms. The van der Waals surface area contributed by atoms with Crippen molar-refractivity contribution in [2.75, 3.05) is 12.0 Å². The van der Waals surface area contributed by atoms with E-state index in [9.17, 15) is 4.79 Å². The third kappa shape index (κ3) is 4.30. The summed E-state index contributed by atoms with van der Waals surface area (Å²) < 4.78 is 11.9. The molecule has 0 saturated carbocycles. The van der Waals surface area contributed by atoms with Gasteiger partial charge in [-0.25, -0.2) is 4.98 Å². The van der Waals surface area contributed by atoms with Crippen molar-refractivity contribution in [3.05, 3.63) is 113 Å². The maximum Gasteiger partial charge on any atom is 0.241 e. The van der Waals surface area contributed by atoms with E-state index in [1.807, 2.05) is 72.8 Å². The normalized spacial score (nSPS) is 11.1. The van der Waals surface area contributed by atoms with Crippen molar-refractivity contribution in [3.63, 3.8) is 0 Å². The minimum Gasteiger partial charge on any atom is -0.494 e. The van der Waals surface area contributed by atoms with E-state index in [0.717, 1.165) is 15.8 Å². The highest BCUT2D eigenvalue weighted by Crippen LogP contribution is 2.40. The van der Waals surface area contributed by atoms with Crippen LogP contribution in [-0.2, 0) is 11.3 Å². The molecule has 170 valence electrons. The molecule has 0 aliphatic rings. The van der Waals surface area contributed by atoms with Crippen molar-refractivity contribution in [2.24, 2.45) is 0 Å². The molecule has 2 heterocycles. The van der Waals surface area contributed by atoms with Crippen molar-refractivity contribution < 1.29 is 13.9 Å². The lowest BCUT2D eigenvalue weighted by atomic mass is 9.90. The summed E-state index contributed by atoms with van der Waals surface area (Å²) in [7, 11) is 1.59. The Morgan fingerprint density at radius 2 is 1.68 bits per heavy atom. The number of aromatic nitrogens is 1. The van der Waals surface area contributed by atoms with Gasteiger partial charge >= 0.3 is 0 Å². The number of fused-ring (bicyclic) bond motifs is 1. The van der Waals surface area contributed by atoms with Crippen LogP contribution in [0.4, 0.5) is 5.13 Å². The van der Waals surface area contributed by atoms with Gasteiger partial charge in [0.05, 0.1) is 35.6 Å². The van der Waals surface area contributed by atoms with E-state index < -0.39 is 5.92 Å². The fourth-order valence-electron chi connectivity index (χ4n) is 3.94. The number of anilines is 1. The lowest BCUT2D eigenvalue weighted by Gasteiger charge is -2.25. The van der Waals surface area contributed by atoms with Crippen molar-refractivity contribution in [3.8, 4) is 5.75 Å². The van der Waals surface area contributed by atoms with Gasteiger partial charge in [-0.15, -0.1) is 0 Å². The molecule has 1 amide bonds. The Kier molecular flexibility index (Phi) is 6.34. The van der Waals surface area contributed by atoms with E-state index in [1.165, 1.54) is 11.3 Å². The highest BCUT2D eigenvalue weighted by molar-refractivity contribution is 7.23. The van der Waals surface area contributed by atoms with Gasteiger partial charge in [0.1, 0.15) is 17.0 Å². The second-order valence-electron chi connectivity index (χ2n) is 7.68. The lowest BCUT2D eigenvalue weighted by molar-refractivity contribution is -0.119. The summed E-state index contributed by atoms with van der Waals surface area (Å²) in [5, 5.41) is 1.09. The average molecular weight is 489 g/mol. The number of carbonyl (C=O) groups excluding carboxylic acids is 1. The molecule has 0 saturated heterocycles. The zero-order chi connectivity index (χ0) is 23.5. The van der Waals surface area contributed by atoms with Crippen LogP contribution in [0, 0.1) is 0 Å². The Balaban J connectivity index is 1.65. The van der Waals surface area contributed by atoms with Crippen LogP contribution in [0.3, 0.4) is 0 Å². The van der Waals surface area contributed by atoms with Gasteiger partial charge in [0.25, 0.3) is 0 Å². The molecule has 0 aliphatic heterocycles. The van der Waals surface area contributed by atoms with Crippen LogP contribution >= 0.6 is 22.9 Å². The molecule has 2 aromatic heterocycles. The Bertz CT molecular complexity index is 1360. The van der Waals surface area contributed by atoms with Gasteiger partial charge in [-0.2, -0.15) is 0 Å². The van der Waals surface area contributed by atoms with Gasteiger partial charge in [-0.1, -0.05) is 83.6 Å². The Morgan fingerprint density at radius 3 is 2.26 bits per heavy atom. The van der Waals surface area contributed by atoms with Gasteiger partial charge in [-0.05, 0) is 35.4 Å². The van der Waals surface area contributed by atoms with Crippen LogP contribution in [0.1, 0.15) is 22.8 Å². The quantitative estimate of drug-likeness (QED) is 0.249. The zero-order valence-electron chi connectivity index (χ0n) is 18.4. The van der Waals surface area contributed by atoms with Gasteiger partial charge in [-0.3, -0.25) is 9.69 Å². The molecular formula is C27H21ClN2O3S. The van der Waals surface area contributed by atoms with Gasteiger partial charge in [0, 0.05) is 0 Å². The summed E-state index contributed by atoms with van der Waals surface area (Å²) in [6.07, 6.45) is 1.60. The summed E-state index contributed by atoms with van der Waals surface area (Å²) in [6.45, 7) is 0.238.